The first-order chi connectivity index (χ1) is 9.53. The van der Waals surface area contributed by atoms with E-state index < -0.39 is 17.4 Å². The zero-order chi connectivity index (χ0) is 14.6. The molecular formula is C14H17ClN2O3. The van der Waals surface area contributed by atoms with Crippen LogP contribution in [0.1, 0.15) is 49.0 Å². The highest BCUT2D eigenvalue weighted by atomic mass is 35.5. The van der Waals surface area contributed by atoms with Crippen LogP contribution in [0, 0.1) is 0 Å². The van der Waals surface area contributed by atoms with Gasteiger partial charge in [0.1, 0.15) is 16.4 Å². The zero-order valence-corrected chi connectivity index (χ0v) is 11.8. The van der Waals surface area contributed by atoms with Crippen LogP contribution in [0.3, 0.4) is 0 Å². The molecule has 0 unspecified atom stereocenters. The molecule has 6 heteroatoms. The number of carbonyl (C=O) groups is 2. The van der Waals surface area contributed by atoms with Crippen molar-refractivity contribution in [2.45, 2.75) is 44.1 Å². The van der Waals surface area contributed by atoms with Crippen LogP contribution in [0.25, 0.3) is 0 Å². The monoisotopic (exact) mass is 296 g/mol. The summed E-state index contributed by atoms with van der Waals surface area (Å²) in [6.07, 6.45) is 4.51. The lowest BCUT2D eigenvalue weighted by atomic mass is 9.90. The normalized spacial score (nSPS) is 18.1. The predicted molar refractivity (Wildman–Crippen MR) is 74.8 cm³/mol. The van der Waals surface area contributed by atoms with Gasteiger partial charge in [0.25, 0.3) is 5.91 Å². The fourth-order valence-electron chi connectivity index (χ4n) is 2.54. The molecule has 1 fully saturated rings. The molecule has 0 aromatic carbocycles. The highest BCUT2D eigenvalue weighted by Gasteiger charge is 2.40. The highest BCUT2D eigenvalue weighted by Crippen LogP contribution is 2.27. The van der Waals surface area contributed by atoms with Crippen LogP contribution in [0.5, 0.6) is 0 Å². The van der Waals surface area contributed by atoms with Gasteiger partial charge in [-0.2, -0.15) is 0 Å². The fraction of sp³-hybridized carbons (Fsp3) is 0.500. The number of carbonyl (C=O) groups excluding carboxylic acids is 1. The number of hydrogen-bond acceptors (Lipinski definition) is 3. The number of carboxylic acid groups (broad SMARTS) is 1. The Bertz CT molecular complexity index is 511. The third-order valence-electron chi connectivity index (χ3n) is 3.67. The van der Waals surface area contributed by atoms with Crippen molar-refractivity contribution in [3.8, 4) is 0 Å². The first-order valence-corrected chi connectivity index (χ1v) is 7.10. The van der Waals surface area contributed by atoms with E-state index in [-0.39, 0.29) is 10.8 Å². The first kappa shape index (κ1) is 14.8. The predicted octanol–water partition coefficient (Wildman–Crippen LogP) is 2.64. The molecule has 0 aliphatic heterocycles. The van der Waals surface area contributed by atoms with Crippen LogP contribution < -0.4 is 5.32 Å². The van der Waals surface area contributed by atoms with E-state index >= 15 is 0 Å². The zero-order valence-electron chi connectivity index (χ0n) is 11.1. The van der Waals surface area contributed by atoms with Crippen molar-refractivity contribution >= 4 is 23.5 Å². The number of pyridine rings is 1. The largest absolute Gasteiger partial charge is 0.480 e. The highest BCUT2D eigenvalue weighted by molar-refractivity contribution is 6.29. The van der Waals surface area contributed by atoms with Crippen LogP contribution in [0.4, 0.5) is 0 Å². The maximum absolute atomic E-state index is 12.2. The minimum Gasteiger partial charge on any atom is -0.480 e. The molecule has 1 heterocycles. The van der Waals surface area contributed by atoms with E-state index in [2.05, 4.69) is 10.3 Å². The minimum atomic E-state index is -1.18. The molecule has 1 aromatic rings. The second-order valence-electron chi connectivity index (χ2n) is 5.10. The van der Waals surface area contributed by atoms with Crippen LogP contribution in [0.15, 0.2) is 18.2 Å². The molecule has 1 saturated carbocycles. The van der Waals surface area contributed by atoms with Crippen LogP contribution >= 0.6 is 11.6 Å². The molecule has 2 N–H and O–H groups in total. The van der Waals surface area contributed by atoms with Gasteiger partial charge in [0.05, 0.1) is 0 Å². The number of hydrogen-bond donors (Lipinski definition) is 2. The van der Waals surface area contributed by atoms with E-state index in [1.54, 1.807) is 12.1 Å². The Balaban J connectivity index is 2.19. The van der Waals surface area contributed by atoms with Crippen molar-refractivity contribution in [3.05, 3.63) is 29.0 Å². The summed E-state index contributed by atoms with van der Waals surface area (Å²) in [7, 11) is 0. The number of nitrogens with zero attached hydrogens (tertiary/aromatic N) is 1. The standard InChI is InChI=1S/C14H17ClN2O3/c15-11-7-5-6-10(16-11)12(18)17-14(13(19)20)8-3-1-2-4-9-14/h5-7H,1-4,8-9H2,(H,17,18)(H,19,20). The smallest absolute Gasteiger partial charge is 0.329 e. The van der Waals surface area contributed by atoms with E-state index in [0.717, 1.165) is 25.7 Å². The van der Waals surface area contributed by atoms with Crippen LogP contribution in [-0.2, 0) is 4.79 Å². The maximum atomic E-state index is 12.2. The van der Waals surface area contributed by atoms with Gasteiger partial charge in [-0.15, -0.1) is 0 Å². The minimum absolute atomic E-state index is 0.141. The van der Waals surface area contributed by atoms with Crippen molar-refractivity contribution in [1.82, 2.24) is 10.3 Å². The molecule has 0 spiro atoms. The number of amides is 1. The quantitative estimate of drug-likeness (QED) is 0.664. The Morgan fingerprint density at radius 3 is 2.40 bits per heavy atom. The lowest BCUT2D eigenvalue weighted by molar-refractivity contribution is -0.145. The first-order valence-electron chi connectivity index (χ1n) is 6.72. The Hall–Kier alpha value is -1.62. The van der Waals surface area contributed by atoms with Crippen LogP contribution in [-0.4, -0.2) is 27.5 Å². The average Bonchev–Trinajstić information content (AvgIpc) is 2.65. The molecule has 1 aliphatic rings. The molecule has 108 valence electrons. The van der Waals surface area contributed by atoms with Gasteiger partial charge in [0, 0.05) is 0 Å². The summed E-state index contributed by atoms with van der Waals surface area (Å²) >= 11 is 5.75. The summed E-state index contributed by atoms with van der Waals surface area (Å²) in [6, 6.07) is 4.70. The molecule has 1 aromatic heterocycles. The third kappa shape index (κ3) is 3.28. The molecule has 2 rings (SSSR count). The molecule has 1 aliphatic carbocycles. The molecule has 0 saturated heterocycles. The average molecular weight is 297 g/mol. The van der Waals surface area contributed by atoms with Crippen molar-refractivity contribution in [2.75, 3.05) is 0 Å². The van der Waals surface area contributed by atoms with E-state index in [1.165, 1.54) is 6.07 Å². The van der Waals surface area contributed by atoms with Gasteiger partial charge in [0.15, 0.2) is 0 Å². The van der Waals surface area contributed by atoms with Gasteiger partial charge < -0.3 is 10.4 Å². The number of aromatic nitrogens is 1. The molecule has 0 bridgehead atoms. The molecule has 0 radical (unpaired) electrons. The summed E-state index contributed by atoms with van der Waals surface area (Å²) in [5.41, 5.74) is -1.04. The summed E-state index contributed by atoms with van der Waals surface area (Å²) in [6.45, 7) is 0. The molecule has 5 nitrogen and oxygen atoms in total. The molecule has 0 atom stereocenters. The number of carboxylic acids is 1. The van der Waals surface area contributed by atoms with Crippen molar-refractivity contribution < 1.29 is 14.7 Å². The van der Waals surface area contributed by atoms with E-state index in [9.17, 15) is 14.7 Å². The van der Waals surface area contributed by atoms with Crippen molar-refractivity contribution in [1.29, 1.82) is 0 Å². The van der Waals surface area contributed by atoms with E-state index in [4.69, 9.17) is 11.6 Å². The molecule has 20 heavy (non-hydrogen) atoms. The molecule has 1 amide bonds. The lowest BCUT2D eigenvalue weighted by Crippen LogP contribution is -2.54. The molecular weight excluding hydrogens is 280 g/mol. The van der Waals surface area contributed by atoms with Gasteiger partial charge in [-0.25, -0.2) is 9.78 Å². The fourth-order valence-corrected chi connectivity index (χ4v) is 2.70. The summed E-state index contributed by atoms with van der Waals surface area (Å²) < 4.78 is 0. The van der Waals surface area contributed by atoms with E-state index in [1.807, 2.05) is 0 Å². The van der Waals surface area contributed by atoms with Crippen molar-refractivity contribution in [2.24, 2.45) is 0 Å². The van der Waals surface area contributed by atoms with Gasteiger partial charge in [-0.1, -0.05) is 43.4 Å². The topological polar surface area (TPSA) is 79.3 Å². The number of rotatable bonds is 3. The lowest BCUT2D eigenvalue weighted by Gasteiger charge is -2.29. The van der Waals surface area contributed by atoms with Gasteiger partial charge >= 0.3 is 5.97 Å². The summed E-state index contributed by atoms with van der Waals surface area (Å²) in [4.78, 5) is 27.7. The van der Waals surface area contributed by atoms with Gasteiger partial charge in [0.2, 0.25) is 0 Å². The van der Waals surface area contributed by atoms with Crippen molar-refractivity contribution in [3.63, 3.8) is 0 Å². The van der Waals surface area contributed by atoms with Gasteiger partial charge in [-0.05, 0) is 25.0 Å². The summed E-state index contributed by atoms with van der Waals surface area (Å²) in [5, 5.41) is 12.4. The van der Waals surface area contributed by atoms with Gasteiger partial charge in [-0.3, -0.25) is 4.79 Å². The number of aliphatic carboxylic acids is 1. The Morgan fingerprint density at radius 1 is 1.20 bits per heavy atom. The Morgan fingerprint density at radius 2 is 1.85 bits per heavy atom. The summed E-state index contributed by atoms with van der Waals surface area (Å²) in [5.74, 6) is -1.47. The Kier molecular flexibility index (Phi) is 4.60. The SMILES string of the molecule is O=C(NC1(C(=O)O)CCCCCC1)c1cccc(Cl)n1. The number of halogens is 1. The van der Waals surface area contributed by atoms with Crippen LogP contribution in [0.2, 0.25) is 5.15 Å². The second kappa shape index (κ2) is 6.22. The maximum Gasteiger partial charge on any atom is 0.329 e. The van der Waals surface area contributed by atoms with E-state index in [0.29, 0.717) is 12.8 Å². The second-order valence-corrected chi connectivity index (χ2v) is 5.49. The Labute approximate surface area is 122 Å². The third-order valence-corrected chi connectivity index (χ3v) is 3.88. The number of nitrogens with one attached hydrogen (secondary N) is 1.